The molecule has 7 nitrogen and oxygen atoms in total. The van der Waals surface area contributed by atoms with E-state index >= 15 is 0 Å². The molecule has 1 aromatic heterocycles. The number of carbonyl (C=O) groups excluding carboxylic acids is 2. The Kier molecular flexibility index (Phi) is 4.30. The van der Waals surface area contributed by atoms with Gasteiger partial charge in [-0.2, -0.15) is 0 Å². The zero-order valence-corrected chi connectivity index (χ0v) is 16.3. The lowest BCUT2D eigenvalue weighted by atomic mass is 9.76. The van der Waals surface area contributed by atoms with E-state index in [0.717, 1.165) is 12.8 Å². The molecule has 0 radical (unpaired) electrons. The quantitative estimate of drug-likeness (QED) is 0.586. The largest absolute Gasteiger partial charge is 0.360 e. The van der Waals surface area contributed by atoms with E-state index in [4.69, 9.17) is 9.26 Å². The van der Waals surface area contributed by atoms with Gasteiger partial charge in [-0.25, -0.2) is 0 Å². The maximum absolute atomic E-state index is 13.5. The van der Waals surface area contributed by atoms with E-state index in [2.05, 4.69) is 5.16 Å². The zero-order chi connectivity index (χ0) is 19.3. The third kappa shape index (κ3) is 2.70. The lowest BCUT2D eigenvalue weighted by Gasteiger charge is -2.30. The third-order valence-corrected chi connectivity index (χ3v) is 6.94. The van der Waals surface area contributed by atoms with Crippen LogP contribution in [0.3, 0.4) is 0 Å². The molecule has 0 unspecified atom stereocenters. The van der Waals surface area contributed by atoms with Gasteiger partial charge in [0.15, 0.2) is 5.76 Å². The number of amides is 2. The van der Waals surface area contributed by atoms with Gasteiger partial charge in [-0.15, -0.1) is 0 Å². The van der Waals surface area contributed by atoms with Gasteiger partial charge in [-0.3, -0.25) is 9.59 Å². The Morgan fingerprint density at radius 1 is 1.32 bits per heavy atom. The molecule has 3 fully saturated rings. The second kappa shape index (κ2) is 6.72. The van der Waals surface area contributed by atoms with Crippen LogP contribution >= 0.6 is 0 Å². The molecule has 1 aromatic rings. The summed E-state index contributed by atoms with van der Waals surface area (Å²) in [4.78, 5) is 30.4. The average Bonchev–Trinajstić information content (AvgIpc) is 3.41. The normalized spacial score (nSPS) is 34.7. The number of hydrogen-bond acceptors (Lipinski definition) is 5. The Balaban J connectivity index is 1.37. The molecule has 1 aliphatic carbocycles. The first-order valence-electron chi connectivity index (χ1n) is 10.4. The molecule has 2 bridgehead atoms. The van der Waals surface area contributed by atoms with Crippen LogP contribution in [-0.2, 0) is 20.9 Å². The molecule has 4 heterocycles. The van der Waals surface area contributed by atoms with Crippen LogP contribution in [0.1, 0.15) is 44.3 Å². The molecule has 4 aliphatic rings. The second-order valence-electron chi connectivity index (χ2n) is 8.68. The molecule has 0 aromatic carbocycles. The number of rotatable bonds is 4. The molecule has 1 saturated carbocycles. The summed E-state index contributed by atoms with van der Waals surface area (Å²) in [5.74, 6) is -0.196. The van der Waals surface area contributed by atoms with Crippen molar-refractivity contribution in [2.75, 3.05) is 13.6 Å². The van der Waals surface area contributed by atoms with Crippen molar-refractivity contribution in [3.8, 4) is 0 Å². The maximum Gasteiger partial charge on any atom is 0.230 e. The van der Waals surface area contributed by atoms with Crippen LogP contribution in [0.15, 0.2) is 28.9 Å². The predicted octanol–water partition coefficient (Wildman–Crippen LogP) is 2.14. The molecule has 150 valence electrons. The molecule has 2 amide bonds. The number of fused-ring (bicyclic) bond motifs is 1. The summed E-state index contributed by atoms with van der Waals surface area (Å²) in [6.45, 7) is 0.926. The fraction of sp³-hybridized carbons (Fsp3) is 0.667. The van der Waals surface area contributed by atoms with Gasteiger partial charge in [0.05, 0.1) is 37.2 Å². The van der Waals surface area contributed by atoms with Gasteiger partial charge in [0.25, 0.3) is 0 Å². The molecule has 7 heteroatoms. The summed E-state index contributed by atoms with van der Waals surface area (Å²) in [5, 5.41) is 3.69. The van der Waals surface area contributed by atoms with Gasteiger partial charge in [0.2, 0.25) is 11.8 Å². The van der Waals surface area contributed by atoms with Crippen LogP contribution in [0.4, 0.5) is 0 Å². The first-order valence-corrected chi connectivity index (χ1v) is 10.4. The first kappa shape index (κ1) is 17.9. The summed E-state index contributed by atoms with van der Waals surface area (Å²) in [5.41, 5.74) is -0.624. The van der Waals surface area contributed by atoms with Gasteiger partial charge in [-0.1, -0.05) is 43.0 Å². The van der Waals surface area contributed by atoms with E-state index in [1.807, 2.05) is 17.1 Å². The SMILES string of the molecule is CN(Cc1ccno1)C(=O)[C@@H]1[C@@H]2C=C[C@@]3(CN(C4CCCCCC4)C(=O)[C@@H]13)O2. The number of nitrogens with zero attached hydrogens (tertiary/aromatic N) is 3. The number of likely N-dealkylation sites (tertiary alicyclic amines) is 1. The van der Waals surface area contributed by atoms with Gasteiger partial charge in [-0.05, 0) is 12.8 Å². The van der Waals surface area contributed by atoms with E-state index in [0.29, 0.717) is 18.8 Å². The Morgan fingerprint density at radius 2 is 2.11 bits per heavy atom. The smallest absolute Gasteiger partial charge is 0.230 e. The molecular formula is C21H27N3O4. The summed E-state index contributed by atoms with van der Waals surface area (Å²) in [6, 6.07) is 2.03. The van der Waals surface area contributed by atoms with Crippen molar-refractivity contribution in [1.29, 1.82) is 0 Å². The lowest BCUT2D eigenvalue weighted by molar-refractivity contribution is -0.143. The van der Waals surface area contributed by atoms with E-state index in [9.17, 15) is 9.59 Å². The van der Waals surface area contributed by atoms with Crippen LogP contribution in [0.2, 0.25) is 0 Å². The molecule has 5 rings (SSSR count). The van der Waals surface area contributed by atoms with Crippen LogP contribution in [-0.4, -0.2) is 58.1 Å². The summed E-state index contributed by atoms with van der Waals surface area (Å²) >= 11 is 0. The Hall–Kier alpha value is -2.15. The monoisotopic (exact) mass is 385 g/mol. The number of carbonyl (C=O) groups is 2. The lowest BCUT2D eigenvalue weighted by Crippen LogP contribution is -2.45. The van der Waals surface area contributed by atoms with Gasteiger partial charge in [0.1, 0.15) is 5.60 Å². The van der Waals surface area contributed by atoms with Gasteiger partial charge < -0.3 is 19.1 Å². The Labute approximate surface area is 164 Å². The van der Waals surface area contributed by atoms with E-state index < -0.39 is 17.4 Å². The molecular weight excluding hydrogens is 358 g/mol. The number of aromatic nitrogens is 1. The molecule has 4 atom stereocenters. The minimum absolute atomic E-state index is 0.0614. The molecule has 3 aliphatic heterocycles. The van der Waals surface area contributed by atoms with Crippen LogP contribution < -0.4 is 0 Å². The zero-order valence-electron chi connectivity index (χ0n) is 16.3. The minimum Gasteiger partial charge on any atom is -0.360 e. The van der Waals surface area contributed by atoms with Crippen molar-refractivity contribution >= 4 is 11.8 Å². The van der Waals surface area contributed by atoms with Crippen LogP contribution in [0.5, 0.6) is 0 Å². The van der Waals surface area contributed by atoms with E-state index in [1.165, 1.54) is 25.7 Å². The Bertz CT molecular complexity index is 784. The van der Waals surface area contributed by atoms with Gasteiger partial charge >= 0.3 is 0 Å². The molecule has 2 saturated heterocycles. The van der Waals surface area contributed by atoms with Crippen LogP contribution in [0, 0.1) is 11.8 Å². The van der Waals surface area contributed by atoms with Crippen molar-refractivity contribution < 1.29 is 18.8 Å². The van der Waals surface area contributed by atoms with Crippen molar-refractivity contribution in [1.82, 2.24) is 15.0 Å². The van der Waals surface area contributed by atoms with Crippen molar-refractivity contribution in [2.45, 2.75) is 62.8 Å². The summed E-state index contributed by atoms with van der Waals surface area (Å²) < 4.78 is 11.4. The summed E-state index contributed by atoms with van der Waals surface area (Å²) in [6.07, 6.45) is 12.2. The fourth-order valence-corrected chi connectivity index (χ4v) is 5.58. The fourth-order valence-electron chi connectivity index (χ4n) is 5.58. The molecule has 28 heavy (non-hydrogen) atoms. The topological polar surface area (TPSA) is 75.9 Å². The van der Waals surface area contributed by atoms with E-state index in [1.54, 1.807) is 24.2 Å². The van der Waals surface area contributed by atoms with Crippen molar-refractivity contribution in [2.24, 2.45) is 11.8 Å². The molecule has 0 N–H and O–H groups in total. The number of ether oxygens (including phenoxy) is 1. The predicted molar refractivity (Wildman–Crippen MR) is 99.9 cm³/mol. The highest BCUT2D eigenvalue weighted by Crippen LogP contribution is 2.53. The highest BCUT2D eigenvalue weighted by Gasteiger charge is 2.67. The number of hydrogen-bond donors (Lipinski definition) is 0. The first-order chi connectivity index (χ1) is 13.6. The summed E-state index contributed by atoms with van der Waals surface area (Å²) in [7, 11) is 1.75. The second-order valence-corrected chi connectivity index (χ2v) is 8.68. The molecule has 1 spiro atoms. The standard InChI is InChI=1S/C21H27N3O4/c1-23(12-15-9-11-22-28-15)19(25)17-16-8-10-21(27-16)13-24(20(26)18(17)21)14-6-4-2-3-5-7-14/h8-11,14,16-18H,2-7,12-13H2,1H3/t16-,17+,18+,21-/m0/s1. The van der Waals surface area contributed by atoms with Crippen LogP contribution in [0.25, 0.3) is 0 Å². The highest BCUT2D eigenvalue weighted by atomic mass is 16.5. The Morgan fingerprint density at radius 3 is 2.82 bits per heavy atom. The third-order valence-electron chi connectivity index (χ3n) is 6.94. The van der Waals surface area contributed by atoms with Gasteiger partial charge in [0, 0.05) is 19.2 Å². The highest BCUT2D eigenvalue weighted by molar-refractivity contribution is 5.93. The maximum atomic E-state index is 13.5. The van der Waals surface area contributed by atoms with Crippen molar-refractivity contribution in [3.63, 3.8) is 0 Å². The average molecular weight is 385 g/mol. The minimum atomic E-state index is -0.624. The van der Waals surface area contributed by atoms with E-state index in [-0.39, 0.29) is 24.0 Å². The van der Waals surface area contributed by atoms with Crippen molar-refractivity contribution in [3.05, 3.63) is 30.2 Å².